The third-order valence-corrected chi connectivity index (χ3v) is 1.17. The lowest BCUT2D eigenvalue weighted by Gasteiger charge is -2.00. The molecule has 0 aromatic rings. The van der Waals surface area contributed by atoms with Crippen LogP contribution >= 0.6 is 0 Å². The van der Waals surface area contributed by atoms with Crippen LogP contribution in [0.25, 0.3) is 0 Å². The number of alkyl halides is 1. The summed E-state index contributed by atoms with van der Waals surface area (Å²) in [5, 5.41) is 6.52. The molecule has 52 valence electrons. The van der Waals surface area contributed by atoms with Crippen molar-refractivity contribution >= 4 is 12.0 Å². The Kier molecular flexibility index (Phi) is 3.84. The molecular formula is C6H10FNO. The van der Waals surface area contributed by atoms with Gasteiger partial charge in [0.05, 0.1) is 12.9 Å². The summed E-state index contributed by atoms with van der Waals surface area (Å²) in [5.41, 5.74) is 0. The van der Waals surface area contributed by atoms with Gasteiger partial charge in [0, 0.05) is 5.92 Å². The number of rotatable bonds is 4. The second kappa shape index (κ2) is 4.18. The standard InChI is InChI=1S/C6H10FNO/c1-5(2-3-7)6(9)4-8/h4-5,8H,2-3H2,1H3/t5-/m0/s1. The van der Waals surface area contributed by atoms with Crippen LogP contribution in [-0.2, 0) is 4.79 Å². The zero-order valence-electron chi connectivity index (χ0n) is 5.36. The molecule has 0 radical (unpaired) electrons. The third-order valence-electron chi connectivity index (χ3n) is 1.17. The first-order chi connectivity index (χ1) is 4.22. The van der Waals surface area contributed by atoms with Gasteiger partial charge >= 0.3 is 0 Å². The molecule has 1 N–H and O–H groups in total. The number of hydrogen-bond donors (Lipinski definition) is 1. The van der Waals surface area contributed by atoms with Crippen LogP contribution in [0.3, 0.4) is 0 Å². The lowest BCUT2D eigenvalue weighted by atomic mass is 10.0. The van der Waals surface area contributed by atoms with Crippen LogP contribution in [0, 0.1) is 11.3 Å². The first-order valence-electron chi connectivity index (χ1n) is 2.82. The van der Waals surface area contributed by atoms with E-state index in [9.17, 15) is 9.18 Å². The van der Waals surface area contributed by atoms with E-state index in [1.165, 1.54) is 0 Å². The van der Waals surface area contributed by atoms with Gasteiger partial charge in [0.1, 0.15) is 0 Å². The Hall–Kier alpha value is -0.730. The molecule has 0 saturated heterocycles. The Morgan fingerprint density at radius 2 is 2.44 bits per heavy atom. The quantitative estimate of drug-likeness (QED) is 0.572. The van der Waals surface area contributed by atoms with E-state index in [4.69, 9.17) is 5.41 Å². The fraction of sp³-hybridized carbons (Fsp3) is 0.667. The first-order valence-corrected chi connectivity index (χ1v) is 2.82. The number of halogens is 1. The smallest absolute Gasteiger partial charge is 0.176 e. The van der Waals surface area contributed by atoms with Gasteiger partial charge in [-0.2, -0.15) is 0 Å². The van der Waals surface area contributed by atoms with E-state index in [1.807, 2.05) is 0 Å². The Labute approximate surface area is 53.6 Å². The van der Waals surface area contributed by atoms with Crippen molar-refractivity contribution in [2.75, 3.05) is 6.67 Å². The Morgan fingerprint density at radius 1 is 1.89 bits per heavy atom. The minimum atomic E-state index is -0.485. The van der Waals surface area contributed by atoms with Crippen LogP contribution in [0.1, 0.15) is 13.3 Å². The van der Waals surface area contributed by atoms with Gasteiger partial charge in [-0.1, -0.05) is 6.92 Å². The molecule has 0 fully saturated rings. The number of nitrogens with one attached hydrogen (secondary N) is 1. The monoisotopic (exact) mass is 131 g/mol. The highest BCUT2D eigenvalue weighted by atomic mass is 19.1. The molecule has 0 heterocycles. The van der Waals surface area contributed by atoms with E-state index in [1.54, 1.807) is 6.92 Å². The zero-order chi connectivity index (χ0) is 7.28. The molecule has 0 aromatic carbocycles. The second-order valence-corrected chi connectivity index (χ2v) is 1.93. The summed E-state index contributed by atoms with van der Waals surface area (Å²) in [6, 6.07) is 0. The number of ketones is 1. The highest BCUT2D eigenvalue weighted by Gasteiger charge is 2.08. The lowest BCUT2D eigenvalue weighted by Crippen LogP contribution is -2.11. The number of carbonyl (C=O) groups excluding carboxylic acids is 1. The molecule has 0 unspecified atom stereocenters. The predicted octanol–water partition coefficient (Wildman–Crippen LogP) is 1.20. The van der Waals surface area contributed by atoms with Crippen LogP contribution in [0.5, 0.6) is 0 Å². The van der Waals surface area contributed by atoms with E-state index in [0.717, 1.165) is 6.21 Å². The highest BCUT2D eigenvalue weighted by Crippen LogP contribution is 2.01. The van der Waals surface area contributed by atoms with Crippen molar-refractivity contribution in [3.63, 3.8) is 0 Å². The third kappa shape index (κ3) is 2.95. The summed E-state index contributed by atoms with van der Waals surface area (Å²) in [4.78, 5) is 10.5. The molecule has 0 rings (SSSR count). The van der Waals surface area contributed by atoms with Gasteiger partial charge < -0.3 is 5.41 Å². The van der Waals surface area contributed by atoms with Crippen LogP contribution in [-0.4, -0.2) is 18.7 Å². The minimum Gasteiger partial charge on any atom is -0.305 e. The molecule has 0 aliphatic heterocycles. The zero-order valence-corrected chi connectivity index (χ0v) is 5.36. The van der Waals surface area contributed by atoms with E-state index < -0.39 is 6.67 Å². The Bertz CT molecular complexity index is 114. The second-order valence-electron chi connectivity index (χ2n) is 1.93. The van der Waals surface area contributed by atoms with Crippen LogP contribution in [0.15, 0.2) is 0 Å². The van der Waals surface area contributed by atoms with Crippen molar-refractivity contribution in [3.8, 4) is 0 Å². The molecule has 0 spiro atoms. The first kappa shape index (κ1) is 8.27. The van der Waals surface area contributed by atoms with Gasteiger partial charge in [-0.3, -0.25) is 9.18 Å². The Balaban J connectivity index is 3.58. The van der Waals surface area contributed by atoms with Crippen molar-refractivity contribution in [1.82, 2.24) is 0 Å². The predicted molar refractivity (Wildman–Crippen MR) is 33.5 cm³/mol. The molecule has 0 bridgehead atoms. The molecule has 9 heavy (non-hydrogen) atoms. The average Bonchev–Trinajstić information content (AvgIpc) is 1.87. The SMILES string of the molecule is C[C@@H](CCF)C(=O)C=N. The molecule has 0 saturated carbocycles. The number of Topliss-reactive ketones (excluding diaryl/α,β-unsaturated/α-hetero) is 1. The van der Waals surface area contributed by atoms with Crippen LogP contribution in [0.2, 0.25) is 0 Å². The fourth-order valence-corrected chi connectivity index (χ4v) is 0.448. The molecular weight excluding hydrogens is 121 g/mol. The van der Waals surface area contributed by atoms with Crippen molar-refractivity contribution in [1.29, 1.82) is 5.41 Å². The van der Waals surface area contributed by atoms with Gasteiger partial charge in [-0.15, -0.1) is 0 Å². The average molecular weight is 131 g/mol. The van der Waals surface area contributed by atoms with Crippen molar-refractivity contribution in [2.24, 2.45) is 5.92 Å². The summed E-state index contributed by atoms with van der Waals surface area (Å²) in [5.74, 6) is -0.625. The molecule has 0 aliphatic rings. The van der Waals surface area contributed by atoms with Gasteiger partial charge in [0.15, 0.2) is 5.78 Å². The van der Waals surface area contributed by atoms with Crippen LogP contribution < -0.4 is 0 Å². The molecule has 0 aromatic heterocycles. The van der Waals surface area contributed by atoms with Crippen molar-refractivity contribution in [3.05, 3.63) is 0 Å². The molecule has 2 nitrogen and oxygen atoms in total. The van der Waals surface area contributed by atoms with Crippen molar-refractivity contribution in [2.45, 2.75) is 13.3 Å². The molecule has 1 atom stereocenters. The van der Waals surface area contributed by atoms with Gasteiger partial charge in [0.25, 0.3) is 0 Å². The summed E-state index contributed by atoms with van der Waals surface area (Å²) in [6.07, 6.45) is 0.967. The van der Waals surface area contributed by atoms with Crippen molar-refractivity contribution < 1.29 is 9.18 Å². The van der Waals surface area contributed by atoms with Gasteiger partial charge in [0.2, 0.25) is 0 Å². The van der Waals surface area contributed by atoms with Gasteiger partial charge in [-0.25, -0.2) is 0 Å². The van der Waals surface area contributed by atoms with E-state index >= 15 is 0 Å². The summed E-state index contributed by atoms with van der Waals surface area (Å²) < 4.78 is 11.5. The summed E-state index contributed by atoms with van der Waals surface area (Å²) >= 11 is 0. The minimum absolute atomic E-state index is 0.230. The largest absolute Gasteiger partial charge is 0.305 e. The molecule has 3 heteroatoms. The lowest BCUT2D eigenvalue weighted by molar-refractivity contribution is -0.115. The maximum Gasteiger partial charge on any atom is 0.176 e. The Morgan fingerprint density at radius 3 is 2.78 bits per heavy atom. The molecule has 0 aliphatic carbocycles. The fourth-order valence-electron chi connectivity index (χ4n) is 0.448. The molecule has 0 amide bonds. The maximum atomic E-state index is 11.5. The van der Waals surface area contributed by atoms with E-state index in [2.05, 4.69) is 0 Å². The number of carbonyl (C=O) groups is 1. The maximum absolute atomic E-state index is 11.5. The van der Waals surface area contributed by atoms with E-state index in [0.29, 0.717) is 0 Å². The van der Waals surface area contributed by atoms with Crippen LogP contribution in [0.4, 0.5) is 4.39 Å². The normalized spacial score (nSPS) is 12.7. The highest BCUT2D eigenvalue weighted by molar-refractivity contribution is 6.27. The summed E-state index contributed by atoms with van der Waals surface area (Å²) in [7, 11) is 0. The van der Waals surface area contributed by atoms with Gasteiger partial charge in [-0.05, 0) is 6.42 Å². The van der Waals surface area contributed by atoms with E-state index in [-0.39, 0.29) is 18.1 Å². The summed E-state index contributed by atoms with van der Waals surface area (Å²) in [6.45, 7) is 1.13. The topological polar surface area (TPSA) is 40.9 Å². The number of hydrogen-bond acceptors (Lipinski definition) is 2.